The van der Waals surface area contributed by atoms with Gasteiger partial charge in [0.2, 0.25) is 5.91 Å². The lowest BCUT2D eigenvalue weighted by molar-refractivity contribution is -0.135. The van der Waals surface area contributed by atoms with E-state index < -0.39 is 0 Å². The molecular formula is C18H26ClN5O2. The van der Waals surface area contributed by atoms with E-state index in [0.29, 0.717) is 25.2 Å². The van der Waals surface area contributed by atoms with Gasteiger partial charge in [0.05, 0.1) is 17.6 Å². The first kappa shape index (κ1) is 20.2. The van der Waals surface area contributed by atoms with E-state index in [2.05, 4.69) is 15.5 Å². The van der Waals surface area contributed by atoms with Gasteiger partial charge < -0.3 is 15.1 Å². The van der Waals surface area contributed by atoms with E-state index in [-0.39, 0.29) is 30.1 Å². The Morgan fingerprint density at radius 3 is 3.00 bits per heavy atom. The first-order chi connectivity index (χ1) is 12.1. The predicted molar refractivity (Wildman–Crippen MR) is 104 cm³/mol. The molecule has 3 rings (SSSR count). The summed E-state index contributed by atoms with van der Waals surface area (Å²) >= 11 is 0. The fourth-order valence-corrected chi connectivity index (χ4v) is 3.32. The summed E-state index contributed by atoms with van der Waals surface area (Å²) < 4.78 is 0. The summed E-state index contributed by atoms with van der Waals surface area (Å²) in [6, 6.07) is 5.53. The molecule has 2 N–H and O–H groups in total. The van der Waals surface area contributed by atoms with Gasteiger partial charge in [0.1, 0.15) is 0 Å². The molecule has 0 spiro atoms. The number of halogens is 1. The molecule has 1 aliphatic rings. The number of aromatic amines is 1. The number of aromatic nitrogens is 2. The molecule has 1 atom stereocenters. The van der Waals surface area contributed by atoms with Crippen LogP contribution >= 0.6 is 12.4 Å². The van der Waals surface area contributed by atoms with E-state index in [9.17, 15) is 9.59 Å². The van der Waals surface area contributed by atoms with Crippen LogP contribution in [0.3, 0.4) is 0 Å². The largest absolute Gasteiger partial charge is 0.344 e. The Hall–Kier alpha value is -2.12. The minimum Gasteiger partial charge on any atom is -0.344 e. The second kappa shape index (κ2) is 9.00. The van der Waals surface area contributed by atoms with Gasteiger partial charge in [-0.2, -0.15) is 5.10 Å². The molecule has 1 aliphatic heterocycles. The molecule has 0 radical (unpaired) electrons. The smallest absolute Gasteiger partial charge is 0.253 e. The molecular weight excluding hydrogens is 354 g/mol. The van der Waals surface area contributed by atoms with Crippen molar-refractivity contribution in [1.82, 2.24) is 25.3 Å². The quantitative estimate of drug-likeness (QED) is 0.825. The summed E-state index contributed by atoms with van der Waals surface area (Å²) in [5.41, 5.74) is 1.56. The highest BCUT2D eigenvalue weighted by atomic mass is 35.5. The Morgan fingerprint density at radius 1 is 1.42 bits per heavy atom. The van der Waals surface area contributed by atoms with Crippen molar-refractivity contribution in [2.75, 3.05) is 40.3 Å². The van der Waals surface area contributed by atoms with E-state index >= 15 is 0 Å². The van der Waals surface area contributed by atoms with Crippen LogP contribution in [-0.4, -0.2) is 72.1 Å². The lowest BCUT2D eigenvalue weighted by Crippen LogP contribution is -2.46. The number of likely N-dealkylation sites (N-methyl/N-ethyl adjacent to an activating group) is 2. The van der Waals surface area contributed by atoms with Gasteiger partial charge in [0.15, 0.2) is 0 Å². The third-order valence-corrected chi connectivity index (χ3v) is 4.82. The summed E-state index contributed by atoms with van der Waals surface area (Å²) in [5, 5.41) is 10.8. The average molecular weight is 380 g/mol. The Morgan fingerprint density at radius 2 is 2.23 bits per heavy atom. The van der Waals surface area contributed by atoms with Crippen LogP contribution < -0.4 is 5.32 Å². The van der Waals surface area contributed by atoms with E-state index in [0.717, 1.165) is 30.3 Å². The van der Waals surface area contributed by atoms with Gasteiger partial charge >= 0.3 is 0 Å². The zero-order valence-corrected chi connectivity index (χ0v) is 16.0. The third kappa shape index (κ3) is 4.34. The molecule has 1 aromatic carbocycles. The SMILES string of the molecule is CNCCN(C)C(=O)C1CCCN(C(=O)c2ccc3[nH]ncc3c2)C1.Cl. The first-order valence-electron chi connectivity index (χ1n) is 8.72. The summed E-state index contributed by atoms with van der Waals surface area (Å²) in [6.07, 6.45) is 3.41. The van der Waals surface area contributed by atoms with E-state index in [4.69, 9.17) is 0 Å². The zero-order chi connectivity index (χ0) is 17.8. The number of piperidine rings is 1. The minimum absolute atomic E-state index is 0. The van der Waals surface area contributed by atoms with Crippen molar-refractivity contribution in [1.29, 1.82) is 0 Å². The fraction of sp³-hybridized carbons (Fsp3) is 0.500. The standard InChI is InChI=1S/C18H25N5O2.ClH/c1-19-7-9-22(2)17(24)14-4-3-8-23(12-14)18(25)13-5-6-16-15(10-13)11-20-21-16;/h5-6,10-11,14,19H,3-4,7-9,12H2,1-2H3,(H,20,21);1H. The molecule has 0 bridgehead atoms. The number of carbonyl (C=O) groups is 2. The molecule has 1 fully saturated rings. The van der Waals surface area contributed by atoms with E-state index in [1.54, 1.807) is 16.0 Å². The van der Waals surface area contributed by atoms with E-state index in [1.165, 1.54) is 0 Å². The monoisotopic (exact) mass is 379 g/mol. The van der Waals surface area contributed by atoms with Crippen LogP contribution in [0.4, 0.5) is 0 Å². The number of nitrogens with one attached hydrogen (secondary N) is 2. The van der Waals surface area contributed by atoms with Crippen LogP contribution in [-0.2, 0) is 4.79 Å². The minimum atomic E-state index is -0.114. The van der Waals surface area contributed by atoms with Crippen LogP contribution in [0.2, 0.25) is 0 Å². The topological polar surface area (TPSA) is 81.3 Å². The van der Waals surface area contributed by atoms with Crippen LogP contribution in [0, 0.1) is 5.92 Å². The molecule has 8 heteroatoms. The molecule has 2 aromatic rings. The van der Waals surface area contributed by atoms with Crippen molar-refractivity contribution >= 4 is 35.1 Å². The lowest BCUT2D eigenvalue weighted by Gasteiger charge is -2.34. The van der Waals surface area contributed by atoms with Gasteiger partial charge in [0, 0.05) is 44.2 Å². The molecule has 0 saturated carbocycles. The van der Waals surface area contributed by atoms with Crippen molar-refractivity contribution < 1.29 is 9.59 Å². The summed E-state index contributed by atoms with van der Waals surface area (Å²) in [4.78, 5) is 29.0. The number of carbonyl (C=O) groups excluding carboxylic acids is 2. The second-order valence-corrected chi connectivity index (χ2v) is 6.63. The molecule has 1 unspecified atom stereocenters. The Balaban J connectivity index is 0.00000243. The maximum atomic E-state index is 12.8. The maximum absolute atomic E-state index is 12.8. The summed E-state index contributed by atoms with van der Waals surface area (Å²) in [5.74, 6) is -0.00581. The number of nitrogens with zero attached hydrogens (tertiary/aromatic N) is 3. The molecule has 7 nitrogen and oxygen atoms in total. The molecule has 142 valence electrons. The van der Waals surface area contributed by atoms with Crippen molar-refractivity contribution in [3.63, 3.8) is 0 Å². The summed E-state index contributed by atoms with van der Waals surface area (Å²) in [7, 11) is 3.70. The number of benzene rings is 1. The summed E-state index contributed by atoms with van der Waals surface area (Å²) in [6.45, 7) is 2.64. The number of likely N-dealkylation sites (tertiary alicyclic amines) is 1. The fourth-order valence-electron chi connectivity index (χ4n) is 3.32. The number of hydrogen-bond acceptors (Lipinski definition) is 4. The van der Waals surface area contributed by atoms with Gasteiger partial charge in [-0.25, -0.2) is 0 Å². The number of rotatable bonds is 5. The van der Waals surface area contributed by atoms with Gasteiger partial charge in [-0.1, -0.05) is 0 Å². The highest BCUT2D eigenvalue weighted by Gasteiger charge is 2.30. The molecule has 2 heterocycles. The Kier molecular flexibility index (Phi) is 6.99. The van der Waals surface area contributed by atoms with Crippen LogP contribution in [0.1, 0.15) is 23.2 Å². The van der Waals surface area contributed by atoms with Crippen LogP contribution in [0.15, 0.2) is 24.4 Å². The average Bonchev–Trinajstić information content (AvgIpc) is 3.12. The first-order valence-corrected chi connectivity index (χ1v) is 8.72. The highest BCUT2D eigenvalue weighted by molar-refractivity contribution is 5.98. The number of fused-ring (bicyclic) bond motifs is 1. The van der Waals surface area contributed by atoms with Crippen molar-refractivity contribution in [3.05, 3.63) is 30.0 Å². The van der Waals surface area contributed by atoms with Gasteiger partial charge in [-0.15, -0.1) is 12.4 Å². The lowest BCUT2D eigenvalue weighted by atomic mass is 9.96. The Bertz CT molecular complexity index is 763. The normalized spacial score (nSPS) is 17.0. The molecule has 26 heavy (non-hydrogen) atoms. The van der Waals surface area contributed by atoms with Crippen molar-refractivity contribution in [2.45, 2.75) is 12.8 Å². The molecule has 1 aromatic heterocycles. The van der Waals surface area contributed by atoms with Crippen molar-refractivity contribution in [3.8, 4) is 0 Å². The van der Waals surface area contributed by atoms with E-state index in [1.807, 2.05) is 32.3 Å². The second-order valence-electron chi connectivity index (χ2n) is 6.63. The van der Waals surface area contributed by atoms with Crippen LogP contribution in [0.25, 0.3) is 10.9 Å². The van der Waals surface area contributed by atoms with Crippen LogP contribution in [0.5, 0.6) is 0 Å². The zero-order valence-electron chi connectivity index (χ0n) is 15.2. The number of H-pyrrole nitrogens is 1. The Labute approximate surface area is 159 Å². The highest BCUT2D eigenvalue weighted by Crippen LogP contribution is 2.21. The van der Waals surface area contributed by atoms with Crippen molar-refractivity contribution in [2.24, 2.45) is 5.92 Å². The van der Waals surface area contributed by atoms with Gasteiger partial charge in [-0.3, -0.25) is 14.7 Å². The third-order valence-electron chi connectivity index (χ3n) is 4.82. The number of amides is 2. The van der Waals surface area contributed by atoms with Gasteiger partial charge in [0.25, 0.3) is 5.91 Å². The maximum Gasteiger partial charge on any atom is 0.253 e. The molecule has 0 aliphatic carbocycles. The molecule has 2 amide bonds. The molecule has 1 saturated heterocycles. The number of hydrogen-bond donors (Lipinski definition) is 2. The predicted octanol–water partition coefficient (Wildman–Crippen LogP) is 1.51. The van der Waals surface area contributed by atoms with Gasteiger partial charge in [-0.05, 0) is 38.1 Å².